The van der Waals surface area contributed by atoms with Gasteiger partial charge in [0, 0.05) is 10.5 Å². The van der Waals surface area contributed by atoms with E-state index in [1.165, 1.54) is 33.9 Å². The lowest BCUT2D eigenvalue weighted by Crippen LogP contribution is -2.72. The lowest BCUT2D eigenvalue weighted by Gasteiger charge is -2.50. The van der Waals surface area contributed by atoms with Crippen LogP contribution in [0.15, 0.2) is 35.8 Å². The Labute approximate surface area is 204 Å². The Balaban J connectivity index is 1.83. The highest BCUT2D eigenvalue weighted by atomic mass is 32.2. The van der Waals surface area contributed by atoms with Gasteiger partial charge in [0.15, 0.2) is 14.4 Å². The second kappa shape index (κ2) is 10.1. The third-order valence-corrected chi connectivity index (χ3v) is 12.0. The van der Waals surface area contributed by atoms with Crippen LogP contribution >= 0.6 is 11.8 Å². The van der Waals surface area contributed by atoms with Gasteiger partial charge in [0.1, 0.15) is 13.2 Å². The molecule has 0 aromatic rings. The summed E-state index contributed by atoms with van der Waals surface area (Å²) in [4.78, 5) is 44.9. The molecule has 1 amide bonds. The van der Waals surface area contributed by atoms with Crippen molar-refractivity contribution in [3.63, 3.8) is 0 Å². The maximum atomic E-state index is 13.1. The van der Waals surface area contributed by atoms with Gasteiger partial charge in [-0.15, -0.1) is 16.8 Å². The summed E-state index contributed by atoms with van der Waals surface area (Å²) >= 11 is 1.40. The molecule has 0 spiro atoms. The summed E-state index contributed by atoms with van der Waals surface area (Å²) in [5, 5.41) is 1.28. The number of nitrogens with zero attached hydrogens (tertiary/aromatic N) is 2. The first kappa shape index (κ1) is 26.3. The smallest absolute Gasteiger partial charge is 0.430 e. The summed E-state index contributed by atoms with van der Waals surface area (Å²) in [6.45, 7) is 17.9. The molecule has 2 saturated heterocycles. The maximum Gasteiger partial charge on any atom is 0.528 e. The number of carbonyl (C=O) groups excluding carboxylic acids is 3. The van der Waals surface area contributed by atoms with E-state index in [0.29, 0.717) is 5.57 Å². The van der Waals surface area contributed by atoms with E-state index in [2.05, 4.69) is 47.0 Å². The summed E-state index contributed by atoms with van der Waals surface area (Å²) in [5.74, 6) is -0.112. The fraction of sp³-hybridized carbons (Fsp3) is 0.591. The van der Waals surface area contributed by atoms with E-state index in [-0.39, 0.29) is 36.6 Å². The number of carbonyl (C=O) groups is 3. The van der Waals surface area contributed by atoms with Gasteiger partial charge in [-0.1, -0.05) is 46.1 Å². The van der Waals surface area contributed by atoms with Crippen LogP contribution in [0, 0.1) is 0 Å². The highest BCUT2D eigenvalue weighted by Crippen LogP contribution is 2.51. The van der Waals surface area contributed by atoms with Gasteiger partial charge in [-0.25, -0.2) is 9.59 Å². The van der Waals surface area contributed by atoms with E-state index in [4.69, 9.17) is 23.5 Å². The van der Waals surface area contributed by atoms with Crippen molar-refractivity contribution in [2.45, 2.75) is 57.2 Å². The van der Waals surface area contributed by atoms with Crippen molar-refractivity contribution in [1.29, 1.82) is 0 Å². The number of hydroxylamine groups is 2. The zero-order valence-electron chi connectivity index (χ0n) is 20.2. The molecule has 3 aliphatic heterocycles. The van der Waals surface area contributed by atoms with E-state index in [1.807, 2.05) is 0 Å². The largest absolute Gasteiger partial charge is 0.528 e. The van der Waals surface area contributed by atoms with Crippen LogP contribution in [-0.4, -0.2) is 80.5 Å². The average molecular weight is 513 g/mol. The Kier molecular flexibility index (Phi) is 7.85. The number of ether oxygens (including phenoxy) is 3. The molecular formula is C22H32N2O8SSi. The van der Waals surface area contributed by atoms with Crippen molar-refractivity contribution < 1.29 is 37.9 Å². The van der Waals surface area contributed by atoms with E-state index < -0.39 is 38.9 Å². The monoisotopic (exact) mass is 512 g/mol. The molecule has 0 saturated carbocycles. The second-order valence-corrected chi connectivity index (χ2v) is 15.3. The predicted molar refractivity (Wildman–Crippen MR) is 128 cm³/mol. The van der Waals surface area contributed by atoms with Crippen LogP contribution < -0.4 is 0 Å². The molecule has 3 heterocycles. The summed E-state index contributed by atoms with van der Waals surface area (Å²) in [6.07, 6.45) is 0.0704. The molecule has 188 valence electrons. The van der Waals surface area contributed by atoms with Crippen molar-refractivity contribution in [2.75, 3.05) is 25.7 Å². The predicted octanol–water partition coefficient (Wildman–Crippen LogP) is 3.78. The van der Waals surface area contributed by atoms with Crippen LogP contribution in [0.3, 0.4) is 0 Å². The molecule has 0 bridgehead atoms. The molecule has 0 aromatic heterocycles. The molecule has 34 heavy (non-hydrogen) atoms. The van der Waals surface area contributed by atoms with Crippen molar-refractivity contribution in [3.8, 4) is 0 Å². The normalized spacial score (nSPS) is 24.2. The molecule has 3 rings (SSSR count). The Hall–Kier alpha value is -2.28. The van der Waals surface area contributed by atoms with Gasteiger partial charge in [0.25, 0.3) is 0 Å². The fourth-order valence-electron chi connectivity index (χ4n) is 3.51. The molecule has 3 atom stereocenters. The number of β-lactam (4-membered cyclic amide) rings is 1. The Bertz CT molecular complexity index is 900. The van der Waals surface area contributed by atoms with Gasteiger partial charge in [-0.05, 0) is 18.1 Å². The van der Waals surface area contributed by atoms with Gasteiger partial charge < -0.3 is 23.5 Å². The highest BCUT2D eigenvalue weighted by molar-refractivity contribution is 8.03. The van der Waals surface area contributed by atoms with E-state index in [0.717, 1.165) is 4.91 Å². The number of thioether (sulfide) groups is 1. The van der Waals surface area contributed by atoms with Crippen molar-refractivity contribution in [2.24, 2.45) is 0 Å². The number of hydrogen-bond acceptors (Lipinski definition) is 10. The van der Waals surface area contributed by atoms with E-state index >= 15 is 0 Å². The van der Waals surface area contributed by atoms with Gasteiger partial charge in [0.2, 0.25) is 12.1 Å². The number of rotatable bonds is 9. The van der Waals surface area contributed by atoms with Crippen LogP contribution in [0.1, 0.15) is 20.8 Å². The molecule has 3 aliphatic rings. The minimum atomic E-state index is -2.13. The fourth-order valence-corrected chi connectivity index (χ4v) is 5.69. The molecule has 1 unspecified atom stereocenters. The van der Waals surface area contributed by atoms with Crippen LogP contribution in [0.5, 0.6) is 0 Å². The van der Waals surface area contributed by atoms with E-state index in [9.17, 15) is 14.4 Å². The summed E-state index contributed by atoms with van der Waals surface area (Å²) in [6, 6.07) is -1.15. The molecule has 10 nitrogen and oxygen atoms in total. The molecule has 0 aromatic carbocycles. The molecular weight excluding hydrogens is 480 g/mol. The van der Waals surface area contributed by atoms with Crippen LogP contribution in [-0.2, 0) is 28.3 Å². The van der Waals surface area contributed by atoms with Crippen molar-refractivity contribution in [3.05, 3.63) is 35.8 Å². The molecule has 0 N–H and O–H groups in total. The summed E-state index contributed by atoms with van der Waals surface area (Å²) in [7, 11) is -2.13. The highest BCUT2D eigenvalue weighted by Gasteiger charge is 2.64. The van der Waals surface area contributed by atoms with E-state index in [1.54, 1.807) is 0 Å². The van der Waals surface area contributed by atoms with Crippen LogP contribution in [0.2, 0.25) is 18.1 Å². The average Bonchev–Trinajstić information content (AvgIpc) is 3.04. The van der Waals surface area contributed by atoms with Gasteiger partial charge in [0.05, 0.1) is 18.5 Å². The van der Waals surface area contributed by atoms with Crippen molar-refractivity contribution in [1.82, 2.24) is 9.96 Å². The van der Waals surface area contributed by atoms with Crippen LogP contribution in [0.25, 0.3) is 0 Å². The van der Waals surface area contributed by atoms with Gasteiger partial charge >= 0.3 is 12.3 Å². The first-order chi connectivity index (χ1) is 15.9. The first-order valence-electron chi connectivity index (χ1n) is 10.9. The second-order valence-electron chi connectivity index (χ2n) is 9.53. The Morgan fingerprint density at radius 2 is 1.74 bits per heavy atom. The third-order valence-electron chi connectivity index (χ3n) is 6.33. The van der Waals surface area contributed by atoms with Gasteiger partial charge in [-0.3, -0.25) is 9.69 Å². The number of amides is 1. The standard InChI is InChI=1S/C22H32N2O8SSi/c1-8-10-28-20(26)31-19-14(12-30-34(6,7)22(3,4)5)17-15-16(18(25)24(15)19)23(13-33-17)32-21(27)29-11-9-2/h8-9,15-16,19H,1-2,10-13H2,3-7H3/t15-,16-,19?/m0/s1. The first-order valence-corrected chi connectivity index (χ1v) is 14.8. The van der Waals surface area contributed by atoms with Crippen LogP contribution in [0.4, 0.5) is 9.59 Å². The molecule has 2 fully saturated rings. The Morgan fingerprint density at radius 1 is 1.12 bits per heavy atom. The third kappa shape index (κ3) is 5.04. The quantitative estimate of drug-likeness (QED) is 0.196. The molecule has 12 heteroatoms. The minimum Gasteiger partial charge on any atom is -0.430 e. The lowest BCUT2D eigenvalue weighted by molar-refractivity contribution is -0.206. The number of hydrogen-bond donors (Lipinski definition) is 0. The Morgan fingerprint density at radius 3 is 2.32 bits per heavy atom. The maximum absolute atomic E-state index is 13.1. The zero-order valence-corrected chi connectivity index (χ0v) is 22.0. The summed E-state index contributed by atoms with van der Waals surface area (Å²) < 4.78 is 21.8. The van der Waals surface area contributed by atoms with Crippen molar-refractivity contribution >= 4 is 38.3 Å². The van der Waals surface area contributed by atoms with Gasteiger partial charge in [-0.2, -0.15) is 0 Å². The SMILES string of the molecule is C=CCOC(=O)OC1C(CO[Si](C)(C)C(C)(C)C)=C2SCN(OC(=O)OCC=C)[C@@H]3C(=O)N1[C@H]23. The molecule has 0 radical (unpaired) electrons. The summed E-state index contributed by atoms with van der Waals surface area (Å²) in [5.41, 5.74) is 0.708. The molecule has 0 aliphatic carbocycles. The minimum absolute atomic E-state index is 0.00317. The zero-order chi connectivity index (χ0) is 25.3. The topological polar surface area (TPSA) is 104 Å². The lowest BCUT2D eigenvalue weighted by atomic mass is 9.97.